The molecule has 2 heterocycles. The van der Waals surface area contributed by atoms with Crippen LogP contribution in [-0.2, 0) is 5.41 Å². The fraction of sp³-hybridized carbons (Fsp3) is 0.0192. The fourth-order valence-corrected chi connectivity index (χ4v) is 10.6. The molecule has 0 bridgehead atoms. The fourth-order valence-electron chi connectivity index (χ4n) is 9.38. The first-order valence-corrected chi connectivity index (χ1v) is 19.8. The Kier molecular flexibility index (Phi) is 6.72. The number of thiophene rings is 1. The van der Waals surface area contributed by atoms with Crippen LogP contribution in [0.5, 0.6) is 0 Å². The van der Waals surface area contributed by atoms with Crippen LogP contribution in [0.1, 0.15) is 22.3 Å². The summed E-state index contributed by atoms with van der Waals surface area (Å²) in [5.74, 6) is 1.98. The van der Waals surface area contributed by atoms with E-state index in [0.29, 0.717) is 17.5 Å². The van der Waals surface area contributed by atoms with Gasteiger partial charge in [-0.25, -0.2) is 15.0 Å². The first kappa shape index (κ1) is 31.4. The van der Waals surface area contributed by atoms with E-state index in [1.165, 1.54) is 64.7 Å². The third kappa shape index (κ3) is 4.42. The number of fused-ring (bicyclic) bond motifs is 13. The smallest absolute Gasteiger partial charge is 0.165 e. The predicted octanol–water partition coefficient (Wildman–Crippen LogP) is 13.3. The molecule has 0 saturated carbocycles. The van der Waals surface area contributed by atoms with Gasteiger partial charge < -0.3 is 0 Å². The average Bonchev–Trinajstić information content (AvgIpc) is 3.91. The van der Waals surface area contributed by atoms with Crippen LogP contribution in [0.3, 0.4) is 0 Å². The second-order valence-corrected chi connectivity index (χ2v) is 15.7. The van der Waals surface area contributed by atoms with E-state index >= 15 is 0 Å². The van der Waals surface area contributed by atoms with Gasteiger partial charge in [0.2, 0.25) is 0 Å². The Morgan fingerprint density at radius 2 is 0.821 bits per heavy atom. The molecule has 2 aliphatic rings. The van der Waals surface area contributed by atoms with Gasteiger partial charge in [0.15, 0.2) is 17.5 Å². The van der Waals surface area contributed by atoms with Crippen molar-refractivity contribution in [2.75, 3.05) is 0 Å². The van der Waals surface area contributed by atoms with Crippen LogP contribution in [0.2, 0.25) is 0 Å². The van der Waals surface area contributed by atoms with Crippen molar-refractivity contribution in [3.8, 4) is 67.5 Å². The standard InChI is InChI=1S/C52H31N3S/c1-2-14-32(15-3-1)49-53-50(55-51(54-49)42-23-13-22-41-40-21-7-11-27-47(40)56-48(41)42)35-17-12-16-33(30-35)34-28-29-39-38-20-6-10-26-45(38)52(46(39)31-34)43-24-8-4-18-36(43)37-19-5-9-25-44(37)52/h1-31H. The summed E-state index contributed by atoms with van der Waals surface area (Å²) in [5.41, 5.74) is 15.4. The number of hydrogen-bond donors (Lipinski definition) is 0. The zero-order valence-electron chi connectivity index (χ0n) is 30.1. The number of hydrogen-bond acceptors (Lipinski definition) is 4. The van der Waals surface area contributed by atoms with Crippen molar-refractivity contribution in [2.45, 2.75) is 5.41 Å². The summed E-state index contributed by atoms with van der Waals surface area (Å²) in [5, 5.41) is 2.47. The molecule has 0 amide bonds. The highest BCUT2D eigenvalue weighted by atomic mass is 32.1. The molecule has 12 rings (SSSR count). The highest BCUT2D eigenvalue weighted by molar-refractivity contribution is 7.26. The molecule has 56 heavy (non-hydrogen) atoms. The maximum atomic E-state index is 5.23. The van der Waals surface area contributed by atoms with Gasteiger partial charge in [0.05, 0.1) is 5.41 Å². The maximum Gasteiger partial charge on any atom is 0.165 e. The summed E-state index contributed by atoms with van der Waals surface area (Å²) in [6.45, 7) is 0. The van der Waals surface area contributed by atoms with Gasteiger partial charge in [-0.05, 0) is 79.9 Å². The van der Waals surface area contributed by atoms with Gasteiger partial charge in [-0.15, -0.1) is 11.3 Å². The molecule has 0 unspecified atom stereocenters. The second-order valence-electron chi connectivity index (χ2n) is 14.7. The number of nitrogens with zero attached hydrogens (tertiary/aromatic N) is 3. The van der Waals surface area contributed by atoms with E-state index < -0.39 is 5.41 Å². The molecule has 2 aromatic heterocycles. The Morgan fingerprint density at radius 1 is 0.321 bits per heavy atom. The monoisotopic (exact) mass is 729 g/mol. The molecule has 260 valence electrons. The maximum absolute atomic E-state index is 5.23. The molecule has 0 N–H and O–H groups in total. The minimum Gasteiger partial charge on any atom is -0.208 e. The van der Waals surface area contributed by atoms with Gasteiger partial charge in [-0.1, -0.05) is 164 Å². The zero-order valence-corrected chi connectivity index (χ0v) is 31.0. The normalized spacial score (nSPS) is 13.1. The van der Waals surface area contributed by atoms with Crippen molar-refractivity contribution in [1.82, 2.24) is 15.0 Å². The Balaban J connectivity index is 1.04. The van der Waals surface area contributed by atoms with E-state index in [1.54, 1.807) is 11.3 Å². The average molecular weight is 730 g/mol. The Bertz CT molecular complexity index is 3150. The highest BCUT2D eigenvalue weighted by Crippen LogP contribution is 2.63. The molecule has 0 aliphatic heterocycles. The summed E-state index contributed by atoms with van der Waals surface area (Å²) < 4.78 is 2.44. The van der Waals surface area contributed by atoms with Crippen LogP contribution in [-0.4, -0.2) is 15.0 Å². The van der Waals surface area contributed by atoms with Crippen molar-refractivity contribution in [2.24, 2.45) is 0 Å². The third-order valence-corrected chi connectivity index (χ3v) is 13.0. The zero-order chi connectivity index (χ0) is 36.8. The van der Waals surface area contributed by atoms with Crippen LogP contribution >= 0.6 is 11.3 Å². The summed E-state index contributed by atoms with van der Waals surface area (Å²) in [7, 11) is 0. The van der Waals surface area contributed by atoms with Gasteiger partial charge in [-0.3, -0.25) is 0 Å². The number of aromatic nitrogens is 3. The summed E-state index contributed by atoms with van der Waals surface area (Å²) in [6.07, 6.45) is 0. The van der Waals surface area contributed by atoms with E-state index in [2.05, 4.69) is 170 Å². The van der Waals surface area contributed by atoms with Crippen LogP contribution in [0, 0.1) is 0 Å². The van der Waals surface area contributed by atoms with E-state index in [1.807, 2.05) is 18.2 Å². The lowest BCUT2D eigenvalue weighted by Crippen LogP contribution is -2.25. The topological polar surface area (TPSA) is 38.7 Å². The lowest BCUT2D eigenvalue weighted by Gasteiger charge is -2.30. The molecule has 0 radical (unpaired) electrons. The van der Waals surface area contributed by atoms with Gasteiger partial charge in [0.1, 0.15) is 0 Å². The van der Waals surface area contributed by atoms with Gasteiger partial charge in [0, 0.05) is 36.9 Å². The first-order chi connectivity index (χ1) is 27.8. The minimum absolute atomic E-state index is 0.395. The quantitative estimate of drug-likeness (QED) is 0.181. The molecule has 2 aliphatic carbocycles. The van der Waals surface area contributed by atoms with Crippen LogP contribution in [0.4, 0.5) is 0 Å². The SMILES string of the molecule is c1ccc(-c2nc(-c3cccc(-c4ccc5c(c4)C4(c6ccccc6-c6ccccc64)c4ccccc4-5)c3)nc(-c3cccc4c3sc3ccccc34)n2)cc1. The first-order valence-electron chi connectivity index (χ1n) is 19.0. The Hall–Kier alpha value is -7.01. The molecule has 1 spiro atoms. The molecular formula is C52H31N3S. The molecule has 8 aromatic carbocycles. The van der Waals surface area contributed by atoms with Crippen molar-refractivity contribution in [3.63, 3.8) is 0 Å². The van der Waals surface area contributed by atoms with Crippen molar-refractivity contribution in [1.29, 1.82) is 0 Å². The molecule has 0 fully saturated rings. The second kappa shape index (κ2) is 12.0. The molecule has 4 heteroatoms. The van der Waals surface area contributed by atoms with E-state index in [9.17, 15) is 0 Å². The molecular weight excluding hydrogens is 699 g/mol. The number of rotatable bonds is 4. The summed E-state index contributed by atoms with van der Waals surface area (Å²) in [6, 6.07) is 67.9. The van der Waals surface area contributed by atoms with Crippen LogP contribution in [0.25, 0.3) is 87.7 Å². The van der Waals surface area contributed by atoms with Crippen molar-refractivity contribution >= 4 is 31.5 Å². The minimum atomic E-state index is -0.395. The number of benzene rings is 8. The van der Waals surface area contributed by atoms with Crippen LogP contribution in [0.15, 0.2) is 188 Å². The van der Waals surface area contributed by atoms with Gasteiger partial charge in [0.25, 0.3) is 0 Å². The molecule has 3 nitrogen and oxygen atoms in total. The molecule has 0 atom stereocenters. The summed E-state index contributed by atoms with van der Waals surface area (Å²) in [4.78, 5) is 15.5. The van der Waals surface area contributed by atoms with Gasteiger partial charge in [-0.2, -0.15) is 0 Å². The van der Waals surface area contributed by atoms with E-state index in [0.717, 1.165) is 27.8 Å². The van der Waals surface area contributed by atoms with Gasteiger partial charge >= 0.3 is 0 Å². The highest BCUT2D eigenvalue weighted by Gasteiger charge is 2.51. The molecule has 0 saturated heterocycles. The largest absolute Gasteiger partial charge is 0.208 e. The van der Waals surface area contributed by atoms with Crippen molar-refractivity contribution in [3.05, 3.63) is 210 Å². The lowest BCUT2D eigenvalue weighted by molar-refractivity contribution is 0.794. The Morgan fingerprint density at radius 3 is 1.55 bits per heavy atom. The van der Waals surface area contributed by atoms with E-state index in [-0.39, 0.29) is 0 Å². The molecule has 10 aromatic rings. The Labute approximate surface area is 328 Å². The predicted molar refractivity (Wildman–Crippen MR) is 231 cm³/mol. The van der Waals surface area contributed by atoms with Crippen molar-refractivity contribution < 1.29 is 0 Å². The van der Waals surface area contributed by atoms with E-state index in [4.69, 9.17) is 15.0 Å². The summed E-state index contributed by atoms with van der Waals surface area (Å²) >= 11 is 1.79. The van der Waals surface area contributed by atoms with Crippen LogP contribution < -0.4 is 0 Å². The lowest BCUT2D eigenvalue weighted by atomic mass is 9.70. The third-order valence-electron chi connectivity index (χ3n) is 11.8.